The van der Waals surface area contributed by atoms with E-state index in [1.54, 1.807) is 42.5 Å². The Morgan fingerprint density at radius 2 is 1.68 bits per heavy atom. The SMILES string of the molecule is O=C(Cc1ccccc1Nc1c(Cl)cccc1Cl)N[C@H](CO)C(=O)O. The third-order valence-corrected chi connectivity index (χ3v) is 4.04. The van der Waals surface area contributed by atoms with Gasteiger partial charge in [0, 0.05) is 5.69 Å². The summed E-state index contributed by atoms with van der Waals surface area (Å²) in [4.78, 5) is 22.9. The molecule has 8 heteroatoms. The van der Waals surface area contributed by atoms with Crippen molar-refractivity contribution >= 4 is 46.5 Å². The number of benzene rings is 2. The summed E-state index contributed by atoms with van der Waals surface area (Å²) in [6.45, 7) is -0.684. The molecule has 0 aliphatic rings. The lowest BCUT2D eigenvalue weighted by molar-refractivity contribution is -0.142. The van der Waals surface area contributed by atoms with Gasteiger partial charge in [0.25, 0.3) is 0 Å². The molecule has 2 aromatic rings. The standard InChI is InChI=1S/C17H16Cl2N2O4/c18-11-5-3-6-12(19)16(11)21-13-7-2-1-4-10(13)8-15(23)20-14(9-22)17(24)25/h1-7,14,21-22H,8-9H2,(H,20,23)(H,24,25)/t14-/m1/s1. The normalized spacial score (nSPS) is 11.6. The fraction of sp³-hybridized carbons (Fsp3) is 0.176. The van der Waals surface area contributed by atoms with Crippen LogP contribution in [0.3, 0.4) is 0 Å². The Bertz CT molecular complexity index is 763. The first kappa shape index (κ1) is 19.1. The monoisotopic (exact) mass is 382 g/mol. The number of carboxylic acids is 1. The Hall–Kier alpha value is -2.28. The fourth-order valence-electron chi connectivity index (χ4n) is 2.15. The number of anilines is 2. The van der Waals surface area contributed by atoms with Crippen LogP contribution in [0.2, 0.25) is 10.0 Å². The first-order valence-corrected chi connectivity index (χ1v) is 8.10. The van der Waals surface area contributed by atoms with Crippen molar-refractivity contribution in [3.8, 4) is 0 Å². The van der Waals surface area contributed by atoms with Crippen LogP contribution in [0, 0.1) is 0 Å². The molecule has 1 atom stereocenters. The quantitative estimate of drug-likeness (QED) is 0.590. The number of hydrogen-bond donors (Lipinski definition) is 4. The van der Waals surface area contributed by atoms with Crippen molar-refractivity contribution in [3.05, 3.63) is 58.1 Å². The number of carbonyl (C=O) groups is 2. The molecule has 0 saturated carbocycles. The minimum Gasteiger partial charge on any atom is -0.480 e. The summed E-state index contributed by atoms with van der Waals surface area (Å²) >= 11 is 12.3. The Balaban J connectivity index is 2.18. The molecule has 0 radical (unpaired) electrons. The zero-order valence-electron chi connectivity index (χ0n) is 13.0. The van der Waals surface area contributed by atoms with E-state index in [0.717, 1.165) is 0 Å². The number of carboxylic acid groups (broad SMARTS) is 1. The topological polar surface area (TPSA) is 98.7 Å². The third-order valence-electron chi connectivity index (χ3n) is 3.41. The van der Waals surface area contributed by atoms with Crippen molar-refractivity contribution in [1.29, 1.82) is 0 Å². The molecule has 0 saturated heterocycles. The smallest absolute Gasteiger partial charge is 0.328 e. The number of nitrogens with one attached hydrogen (secondary N) is 2. The molecule has 4 N–H and O–H groups in total. The van der Waals surface area contributed by atoms with Crippen molar-refractivity contribution in [2.75, 3.05) is 11.9 Å². The molecule has 0 heterocycles. The number of carbonyl (C=O) groups excluding carboxylic acids is 1. The average molecular weight is 383 g/mol. The maximum absolute atomic E-state index is 12.1. The molecule has 0 fully saturated rings. The van der Waals surface area contributed by atoms with Gasteiger partial charge in [-0.1, -0.05) is 47.5 Å². The van der Waals surface area contributed by atoms with E-state index < -0.39 is 24.5 Å². The van der Waals surface area contributed by atoms with Crippen molar-refractivity contribution in [1.82, 2.24) is 5.32 Å². The molecule has 0 unspecified atom stereocenters. The van der Waals surface area contributed by atoms with E-state index in [0.29, 0.717) is 27.0 Å². The van der Waals surface area contributed by atoms with Crippen LogP contribution in [0.5, 0.6) is 0 Å². The number of para-hydroxylation sites is 2. The Labute approximate surface area is 154 Å². The molecule has 0 bridgehead atoms. The van der Waals surface area contributed by atoms with Gasteiger partial charge in [-0.25, -0.2) is 4.79 Å². The van der Waals surface area contributed by atoms with Gasteiger partial charge in [-0.15, -0.1) is 0 Å². The summed E-state index contributed by atoms with van der Waals surface area (Å²) in [6.07, 6.45) is -0.0744. The Morgan fingerprint density at radius 3 is 2.28 bits per heavy atom. The molecule has 6 nitrogen and oxygen atoms in total. The van der Waals surface area contributed by atoms with E-state index in [1.807, 2.05) is 0 Å². The Morgan fingerprint density at radius 1 is 1.04 bits per heavy atom. The molecule has 1 amide bonds. The van der Waals surface area contributed by atoms with Gasteiger partial charge in [-0.2, -0.15) is 0 Å². The largest absolute Gasteiger partial charge is 0.480 e. The molecule has 0 aliphatic heterocycles. The second-order valence-corrected chi connectivity index (χ2v) is 6.01. The van der Waals surface area contributed by atoms with Gasteiger partial charge in [-0.05, 0) is 23.8 Å². The zero-order chi connectivity index (χ0) is 18.4. The van der Waals surface area contributed by atoms with Gasteiger partial charge in [0.2, 0.25) is 5.91 Å². The maximum atomic E-state index is 12.1. The van der Waals surface area contributed by atoms with Crippen molar-refractivity contribution in [2.45, 2.75) is 12.5 Å². The fourth-order valence-corrected chi connectivity index (χ4v) is 2.64. The lowest BCUT2D eigenvalue weighted by atomic mass is 10.1. The minimum absolute atomic E-state index is 0.0744. The number of aliphatic carboxylic acids is 1. The molecule has 2 rings (SSSR count). The summed E-state index contributed by atoms with van der Waals surface area (Å²) < 4.78 is 0. The Kier molecular flexibility index (Phi) is 6.64. The molecule has 25 heavy (non-hydrogen) atoms. The van der Waals surface area contributed by atoms with Gasteiger partial charge >= 0.3 is 5.97 Å². The van der Waals surface area contributed by atoms with Gasteiger partial charge in [0.15, 0.2) is 0 Å². The lowest BCUT2D eigenvalue weighted by Gasteiger charge is -2.15. The van der Waals surface area contributed by atoms with Gasteiger partial charge in [0.05, 0.1) is 28.8 Å². The van der Waals surface area contributed by atoms with Crippen LogP contribution < -0.4 is 10.6 Å². The van der Waals surface area contributed by atoms with Crippen molar-refractivity contribution in [3.63, 3.8) is 0 Å². The number of aliphatic hydroxyl groups is 1. The number of rotatable bonds is 7. The first-order chi connectivity index (χ1) is 11.9. The van der Waals surface area contributed by atoms with E-state index in [9.17, 15) is 9.59 Å². The van der Waals surface area contributed by atoms with Crippen LogP contribution >= 0.6 is 23.2 Å². The molecule has 0 aliphatic carbocycles. The number of aliphatic hydroxyl groups excluding tert-OH is 1. The summed E-state index contributed by atoms with van der Waals surface area (Å²) in [5.41, 5.74) is 1.75. The van der Waals surface area contributed by atoms with Crippen molar-refractivity contribution < 1.29 is 19.8 Å². The third kappa shape index (κ3) is 5.09. The zero-order valence-corrected chi connectivity index (χ0v) is 14.5. The molecule has 2 aromatic carbocycles. The summed E-state index contributed by atoms with van der Waals surface area (Å²) in [5.74, 6) is -1.83. The highest BCUT2D eigenvalue weighted by atomic mass is 35.5. The second-order valence-electron chi connectivity index (χ2n) is 5.20. The van der Waals surface area contributed by atoms with E-state index in [4.69, 9.17) is 33.4 Å². The first-order valence-electron chi connectivity index (χ1n) is 7.34. The van der Waals surface area contributed by atoms with Crippen LogP contribution in [-0.2, 0) is 16.0 Å². The average Bonchev–Trinajstić information content (AvgIpc) is 2.57. The van der Waals surface area contributed by atoms with Crippen LogP contribution in [0.4, 0.5) is 11.4 Å². The van der Waals surface area contributed by atoms with Gasteiger partial charge in [0.1, 0.15) is 6.04 Å². The van der Waals surface area contributed by atoms with E-state index in [1.165, 1.54) is 0 Å². The summed E-state index contributed by atoms with van der Waals surface area (Å²) in [5, 5.41) is 24.1. The van der Waals surface area contributed by atoms with Crippen LogP contribution in [0.1, 0.15) is 5.56 Å². The van der Waals surface area contributed by atoms with E-state index >= 15 is 0 Å². The number of hydrogen-bond acceptors (Lipinski definition) is 4. The predicted octanol–water partition coefficient (Wildman–Crippen LogP) is 2.84. The molecular weight excluding hydrogens is 367 g/mol. The molecule has 0 aromatic heterocycles. The van der Waals surface area contributed by atoms with Crippen LogP contribution in [0.25, 0.3) is 0 Å². The summed E-state index contributed by atoms with van der Waals surface area (Å²) in [6, 6.07) is 10.8. The highest BCUT2D eigenvalue weighted by Gasteiger charge is 2.19. The van der Waals surface area contributed by atoms with Crippen LogP contribution in [0.15, 0.2) is 42.5 Å². The van der Waals surface area contributed by atoms with E-state index in [-0.39, 0.29) is 6.42 Å². The second kappa shape index (κ2) is 8.71. The van der Waals surface area contributed by atoms with Gasteiger partial charge < -0.3 is 20.8 Å². The highest BCUT2D eigenvalue weighted by Crippen LogP contribution is 2.33. The maximum Gasteiger partial charge on any atom is 0.328 e. The molecular formula is C17H16Cl2N2O4. The van der Waals surface area contributed by atoms with E-state index in [2.05, 4.69) is 10.6 Å². The lowest BCUT2D eigenvalue weighted by Crippen LogP contribution is -2.44. The predicted molar refractivity (Wildman–Crippen MR) is 96.5 cm³/mol. The van der Waals surface area contributed by atoms with Crippen LogP contribution in [-0.4, -0.2) is 34.7 Å². The molecule has 132 valence electrons. The van der Waals surface area contributed by atoms with Gasteiger partial charge in [-0.3, -0.25) is 4.79 Å². The molecule has 0 spiro atoms. The van der Waals surface area contributed by atoms with Crippen molar-refractivity contribution in [2.24, 2.45) is 0 Å². The number of amides is 1. The minimum atomic E-state index is -1.34. The highest BCUT2D eigenvalue weighted by molar-refractivity contribution is 6.39. The number of halogens is 2. The summed E-state index contributed by atoms with van der Waals surface area (Å²) in [7, 11) is 0.